The van der Waals surface area contributed by atoms with E-state index < -0.39 is 25.5 Å². The van der Waals surface area contributed by atoms with Crippen LogP contribution in [0.3, 0.4) is 0 Å². The van der Waals surface area contributed by atoms with Gasteiger partial charge in [-0.2, -0.15) is 0 Å². The summed E-state index contributed by atoms with van der Waals surface area (Å²) >= 11 is 5.70. The van der Waals surface area contributed by atoms with Crippen molar-refractivity contribution in [3.63, 3.8) is 0 Å². The summed E-state index contributed by atoms with van der Waals surface area (Å²) in [5.41, 5.74) is 0. The Labute approximate surface area is 115 Å². The minimum Gasteiger partial charge on any atom is -0.479 e. The van der Waals surface area contributed by atoms with Crippen LogP contribution in [-0.4, -0.2) is 27.7 Å². The van der Waals surface area contributed by atoms with Crippen molar-refractivity contribution in [1.82, 2.24) is 0 Å². The monoisotopic (exact) mass is 308 g/mol. The van der Waals surface area contributed by atoms with Crippen LogP contribution in [0.5, 0.6) is 5.75 Å². The highest BCUT2D eigenvalue weighted by atomic mass is 35.5. The lowest BCUT2D eigenvalue weighted by Gasteiger charge is -2.18. The molecule has 0 amide bonds. The standard InChI is InChI=1S/C11H14ClO6P/c1-7(11(13)18-8(2)19(14,15)16)17-10-5-3-9(12)4-6-10/h3-8H,1-2H3,(H2,14,15,16). The molecule has 0 radical (unpaired) electrons. The number of ether oxygens (including phenoxy) is 2. The van der Waals surface area contributed by atoms with Gasteiger partial charge in [0.1, 0.15) is 5.75 Å². The third kappa shape index (κ3) is 5.20. The van der Waals surface area contributed by atoms with E-state index in [1.807, 2.05) is 0 Å². The van der Waals surface area contributed by atoms with Crippen molar-refractivity contribution in [2.24, 2.45) is 0 Å². The van der Waals surface area contributed by atoms with E-state index in [1.165, 1.54) is 6.92 Å². The van der Waals surface area contributed by atoms with E-state index in [0.717, 1.165) is 6.92 Å². The fourth-order valence-corrected chi connectivity index (χ4v) is 1.47. The molecule has 6 nitrogen and oxygen atoms in total. The Bertz CT molecular complexity index is 482. The number of rotatable bonds is 5. The number of halogens is 1. The van der Waals surface area contributed by atoms with Gasteiger partial charge in [0.2, 0.25) is 0 Å². The Kier molecular flexibility index (Phi) is 5.38. The molecule has 0 aliphatic carbocycles. The molecule has 0 heterocycles. The van der Waals surface area contributed by atoms with Crippen LogP contribution in [0.4, 0.5) is 0 Å². The maximum atomic E-state index is 11.6. The zero-order valence-electron chi connectivity index (χ0n) is 10.3. The molecule has 2 unspecified atom stereocenters. The fraction of sp³-hybridized carbons (Fsp3) is 0.364. The van der Waals surface area contributed by atoms with E-state index in [9.17, 15) is 9.36 Å². The number of benzene rings is 1. The van der Waals surface area contributed by atoms with Crippen LogP contribution in [0.2, 0.25) is 5.02 Å². The first-order valence-electron chi connectivity index (χ1n) is 5.38. The fourth-order valence-electron chi connectivity index (χ4n) is 1.10. The third-order valence-corrected chi connectivity index (χ3v) is 3.52. The number of carbonyl (C=O) groups is 1. The van der Waals surface area contributed by atoms with Gasteiger partial charge in [-0.25, -0.2) is 4.79 Å². The number of esters is 1. The van der Waals surface area contributed by atoms with Crippen molar-refractivity contribution >= 4 is 25.2 Å². The Morgan fingerprint density at radius 1 is 1.26 bits per heavy atom. The largest absolute Gasteiger partial charge is 0.479 e. The number of hydrogen-bond acceptors (Lipinski definition) is 4. The van der Waals surface area contributed by atoms with Crippen molar-refractivity contribution in [1.29, 1.82) is 0 Å². The topological polar surface area (TPSA) is 93.1 Å². The molecule has 0 saturated carbocycles. The van der Waals surface area contributed by atoms with Gasteiger partial charge in [-0.3, -0.25) is 4.57 Å². The molecule has 1 aromatic rings. The van der Waals surface area contributed by atoms with Gasteiger partial charge in [0.25, 0.3) is 0 Å². The molecule has 0 spiro atoms. The van der Waals surface area contributed by atoms with E-state index in [1.54, 1.807) is 24.3 Å². The summed E-state index contributed by atoms with van der Waals surface area (Å²) in [5, 5.41) is 0.526. The van der Waals surface area contributed by atoms with E-state index in [4.69, 9.17) is 26.1 Å². The van der Waals surface area contributed by atoms with Crippen molar-refractivity contribution in [3.05, 3.63) is 29.3 Å². The molecule has 0 saturated heterocycles. The quantitative estimate of drug-likeness (QED) is 0.639. The van der Waals surface area contributed by atoms with Crippen molar-refractivity contribution in [2.75, 3.05) is 0 Å². The SMILES string of the molecule is CC(Oc1ccc(Cl)cc1)C(=O)OC(C)P(=O)(O)O. The van der Waals surface area contributed by atoms with Gasteiger partial charge in [0.05, 0.1) is 0 Å². The van der Waals surface area contributed by atoms with Crippen molar-refractivity contribution in [3.8, 4) is 5.75 Å². The molecule has 2 atom stereocenters. The molecular formula is C11H14ClO6P. The van der Waals surface area contributed by atoms with Gasteiger partial charge in [0, 0.05) is 5.02 Å². The maximum Gasteiger partial charge on any atom is 0.365 e. The third-order valence-electron chi connectivity index (χ3n) is 2.22. The average molecular weight is 309 g/mol. The summed E-state index contributed by atoms with van der Waals surface area (Å²) in [4.78, 5) is 29.2. The summed E-state index contributed by atoms with van der Waals surface area (Å²) in [5.74, 6) is -1.96. The second-order valence-electron chi connectivity index (χ2n) is 3.84. The van der Waals surface area contributed by atoms with E-state index in [-0.39, 0.29) is 0 Å². The van der Waals surface area contributed by atoms with Crippen LogP contribution >= 0.6 is 19.2 Å². The minimum atomic E-state index is -4.46. The maximum absolute atomic E-state index is 11.6. The summed E-state index contributed by atoms with van der Waals surface area (Å²) in [6.45, 7) is 2.54. The highest BCUT2D eigenvalue weighted by Gasteiger charge is 2.30. The first-order chi connectivity index (χ1) is 8.70. The number of hydrogen-bond donors (Lipinski definition) is 2. The average Bonchev–Trinajstić information content (AvgIpc) is 2.30. The molecule has 2 N–H and O–H groups in total. The van der Waals surface area contributed by atoms with Crippen molar-refractivity contribution < 1.29 is 28.6 Å². The zero-order chi connectivity index (χ0) is 14.6. The molecule has 0 bridgehead atoms. The van der Waals surface area contributed by atoms with E-state index >= 15 is 0 Å². The lowest BCUT2D eigenvalue weighted by atomic mass is 10.3. The highest BCUT2D eigenvalue weighted by Crippen LogP contribution is 2.41. The lowest BCUT2D eigenvalue weighted by molar-refractivity contribution is -0.153. The van der Waals surface area contributed by atoms with Gasteiger partial charge in [-0.1, -0.05) is 11.6 Å². The van der Waals surface area contributed by atoms with Gasteiger partial charge < -0.3 is 19.3 Å². The minimum absolute atomic E-state index is 0.401. The van der Waals surface area contributed by atoms with Crippen LogP contribution in [0.15, 0.2) is 24.3 Å². The molecule has 8 heteroatoms. The Morgan fingerprint density at radius 3 is 2.26 bits per heavy atom. The smallest absolute Gasteiger partial charge is 0.365 e. The molecule has 1 aromatic carbocycles. The van der Waals surface area contributed by atoms with E-state index in [0.29, 0.717) is 10.8 Å². The molecule has 19 heavy (non-hydrogen) atoms. The van der Waals surface area contributed by atoms with Crippen LogP contribution in [0.25, 0.3) is 0 Å². The zero-order valence-corrected chi connectivity index (χ0v) is 12.0. The first kappa shape index (κ1) is 16.0. The molecule has 0 aliphatic rings. The van der Waals surface area contributed by atoms with Crippen molar-refractivity contribution in [2.45, 2.75) is 25.8 Å². The second-order valence-corrected chi connectivity index (χ2v) is 6.18. The predicted octanol–water partition coefficient (Wildman–Crippen LogP) is 2.17. The number of carbonyl (C=O) groups excluding carboxylic acids is 1. The molecule has 1 rings (SSSR count). The summed E-state index contributed by atoms with van der Waals surface area (Å²) < 4.78 is 20.7. The lowest BCUT2D eigenvalue weighted by Crippen LogP contribution is -2.29. The van der Waals surface area contributed by atoms with Gasteiger partial charge in [0.15, 0.2) is 11.9 Å². The second kappa shape index (κ2) is 6.39. The van der Waals surface area contributed by atoms with Gasteiger partial charge in [-0.05, 0) is 38.1 Å². The van der Waals surface area contributed by atoms with E-state index in [2.05, 4.69) is 4.74 Å². The molecule has 0 aliphatic heterocycles. The Hall–Kier alpha value is -1.07. The Balaban J connectivity index is 2.58. The van der Waals surface area contributed by atoms with Crippen LogP contribution in [-0.2, 0) is 14.1 Å². The molecular weight excluding hydrogens is 295 g/mol. The first-order valence-corrected chi connectivity index (χ1v) is 7.44. The molecule has 106 valence electrons. The molecule has 0 fully saturated rings. The van der Waals surface area contributed by atoms with Crippen LogP contribution in [0, 0.1) is 0 Å². The van der Waals surface area contributed by atoms with Gasteiger partial charge >= 0.3 is 13.6 Å². The van der Waals surface area contributed by atoms with Gasteiger partial charge in [-0.15, -0.1) is 0 Å². The van der Waals surface area contributed by atoms with Crippen LogP contribution in [0.1, 0.15) is 13.8 Å². The normalized spacial score (nSPS) is 14.6. The predicted molar refractivity (Wildman–Crippen MR) is 69.1 cm³/mol. The summed E-state index contributed by atoms with van der Waals surface area (Å²) in [6.07, 6.45) is -0.991. The highest BCUT2D eigenvalue weighted by molar-refractivity contribution is 7.52. The molecule has 0 aromatic heterocycles. The Morgan fingerprint density at radius 2 is 1.79 bits per heavy atom. The summed E-state index contributed by atoms with van der Waals surface area (Å²) in [6, 6.07) is 6.32. The van der Waals surface area contributed by atoms with Crippen LogP contribution < -0.4 is 4.74 Å². The summed E-state index contributed by atoms with van der Waals surface area (Å²) in [7, 11) is -4.46.